The Kier molecular flexibility index (Phi) is 5.57. The Morgan fingerprint density at radius 1 is 1.16 bits per heavy atom. The van der Waals surface area contributed by atoms with Crippen LogP contribution < -0.4 is 4.74 Å². The van der Waals surface area contributed by atoms with Gasteiger partial charge in [-0.15, -0.1) is 5.10 Å². The first kappa shape index (κ1) is 20.8. The van der Waals surface area contributed by atoms with Gasteiger partial charge in [-0.3, -0.25) is 9.78 Å². The first-order chi connectivity index (χ1) is 14.9. The third-order valence-corrected chi connectivity index (χ3v) is 5.19. The van der Waals surface area contributed by atoms with Crippen molar-refractivity contribution >= 4 is 5.91 Å². The second-order valence-corrected chi connectivity index (χ2v) is 7.10. The van der Waals surface area contributed by atoms with Gasteiger partial charge in [0.15, 0.2) is 0 Å². The lowest BCUT2D eigenvalue weighted by atomic mass is 10.0. The number of aromatic nitrogens is 5. The molecule has 4 heterocycles. The van der Waals surface area contributed by atoms with E-state index in [0.717, 1.165) is 17.7 Å². The molecule has 3 aromatic heterocycles. The highest BCUT2D eigenvalue weighted by Gasteiger charge is 2.32. The number of rotatable bonds is 4. The van der Waals surface area contributed by atoms with Crippen molar-refractivity contribution in [2.24, 2.45) is 0 Å². The third kappa shape index (κ3) is 4.35. The lowest BCUT2D eigenvalue weighted by Crippen LogP contribution is -2.39. The molecule has 1 aliphatic rings. The number of hydrogen-bond donors (Lipinski definition) is 0. The second-order valence-electron chi connectivity index (χ2n) is 7.10. The molecule has 8 nitrogen and oxygen atoms in total. The van der Waals surface area contributed by atoms with Gasteiger partial charge < -0.3 is 9.64 Å². The van der Waals surface area contributed by atoms with Crippen LogP contribution in [-0.4, -0.2) is 56.0 Å². The minimum Gasteiger partial charge on any atom is -0.481 e. The number of hydrogen-bond acceptors (Lipinski definition) is 6. The van der Waals surface area contributed by atoms with E-state index in [-0.39, 0.29) is 17.6 Å². The topological polar surface area (TPSA) is 86.0 Å². The molecule has 0 radical (unpaired) electrons. The van der Waals surface area contributed by atoms with Crippen LogP contribution in [0, 0.1) is 0 Å². The molecule has 11 heteroatoms. The maximum atomic E-state index is 12.7. The molecule has 162 valence electrons. The molecule has 1 fully saturated rings. The van der Waals surface area contributed by atoms with Gasteiger partial charge in [0.2, 0.25) is 5.88 Å². The number of halogens is 3. The highest BCUT2D eigenvalue weighted by Crippen LogP contribution is 2.30. The van der Waals surface area contributed by atoms with Gasteiger partial charge in [0.1, 0.15) is 11.4 Å². The molecule has 0 unspecified atom stereocenters. The quantitative estimate of drug-likeness (QED) is 0.629. The van der Waals surface area contributed by atoms with Crippen LogP contribution in [0.2, 0.25) is 0 Å². The van der Waals surface area contributed by atoms with Crippen LogP contribution in [0.3, 0.4) is 0 Å². The van der Waals surface area contributed by atoms with E-state index in [1.54, 1.807) is 21.8 Å². The third-order valence-electron chi connectivity index (χ3n) is 5.19. The molecule has 3 aromatic rings. The largest absolute Gasteiger partial charge is 0.481 e. The maximum absolute atomic E-state index is 12.7. The number of ether oxygens (including phenoxy) is 1. The number of carbonyl (C=O) groups is 1. The lowest BCUT2D eigenvalue weighted by molar-refractivity contribution is -0.137. The standard InChI is InChI=1S/C20H19F3N6O2/c1-31-18-15(3-2-8-24-18)17-12-29(27-26-17)14-6-9-28(10-7-14)19(30)16-5-4-13(11-25-16)20(21,22)23/h2-5,8,11-12,14H,6-7,9-10H2,1H3. The summed E-state index contributed by atoms with van der Waals surface area (Å²) in [5, 5.41) is 8.42. The number of piperidine rings is 1. The molecule has 0 aliphatic carbocycles. The van der Waals surface area contributed by atoms with E-state index in [9.17, 15) is 18.0 Å². The zero-order chi connectivity index (χ0) is 22.0. The fourth-order valence-electron chi connectivity index (χ4n) is 3.51. The molecule has 0 saturated carbocycles. The van der Waals surface area contributed by atoms with E-state index in [4.69, 9.17) is 4.74 Å². The second kappa shape index (κ2) is 8.32. The van der Waals surface area contributed by atoms with Crippen molar-refractivity contribution in [1.82, 2.24) is 29.9 Å². The summed E-state index contributed by atoms with van der Waals surface area (Å²) < 4.78 is 45.0. The van der Waals surface area contributed by atoms with Crippen LogP contribution >= 0.6 is 0 Å². The summed E-state index contributed by atoms with van der Waals surface area (Å²) in [6, 6.07) is 5.67. The Hall–Kier alpha value is -3.50. The van der Waals surface area contributed by atoms with E-state index in [1.165, 1.54) is 7.11 Å². The highest BCUT2D eigenvalue weighted by molar-refractivity contribution is 5.92. The number of nitrogens with zero attached hydrogens (tertiary/aromatic N) is 6. The zero-order valence-electron chi connectivity index (χ0n) is 16.6. The Bertz CT molecular complexity index is 1060. The van der Waals surface area contributed by atoms with E-state index in [1.807, 2.05) is 12.3 Å². The van der Waals surface area contributed by atoms with Gasteiger partial charge in [-0.25, -0.2) is 9.67 Å². The first-order valence-corrected chi connectivity index (χ1v) is 9.60. The molecular weight excluding hydrogens is 413 g/mol. The van der Waals surface area contributed by atoms with Crippen molar-refractivity contribution in [3.05, 3.63) is 54.1 Å². The van der Waals surface area contributed by atoms with Crippen molar-refractivity contribution in [3.63, 3.8) is 0 Å². The Balaban J connectivity index is 1.40. The predicted octanol–water partition coefficient (Wildman–Crippen LogP) is 3.24. The van der Waals surface area contributed by atoms with Gasteiger partial charge in [0.05, 0.1) is 30.5 Å². The summed E-state index contributed by atoms with van der Waals surface area (Å²) in [7, 11) is 1.54. The molecule has 0 atom stereocenters. The van der Waals surface area contributed by atoms with Crippen molar-refractivity contribution in [2.75, 3.05) is 20.2 Å². The molecule has 1 aliphatic heterocycles. The fourth-order valence-corrected chi connectivity index (χ4v) is 3.51. The predicted molar refractivity (Wildman–Crippen MR) is 103 cm³/mol. The van der Waals surface area contributed by atoms with Crippen LogP contribution in [0.5, 0.6) is 5.88 Å². The van der Waals surface area contributed by atoms with Gasteiger partial charge in [-0.05, 0) is 37.1 Å². The van der Waals surface area contributed by atoms with E-state index in [2.05, 4.69) is 20.3 Å². The Morgan fingerprint density at radius 3 is 2.58 bits per heavy atom. The number of pyridine rings is 2. The number of alkyl halides is 3. The van der Waals surface area contributed by atoms with E-state index < -0.39 is 11.7 Å². The van der Waals surface area contributed by atoms with Crippen LogP contribution in [0.4, 0.5) is 13.2 Å². The number of amides is 1. The maximum Gasteiger partial charge on any atom is 0.417 e. The Morgan fingerprint density at radius 2 is 1.94 bits per heavy atom. The SMILES string of the molecule is COc1ncccc1-c1cn(C2CCN(C(=O)c3ccc(C(F)(F)F)cn3)CC2)nn1. The van der Waals surface area contributed by atoms with Crippen molar-refractivity contribution < 1.29 is 22.7 Å². The average molecular weight is 432 g/mol. The summed E-state index contributed by atoms with van der Waals surface area (Å²) in [6.45, 7) is 0.884. The lowest BCUT2D eigenvalue weighted by Gasteiger charge is -2.31. The average Bonchev–Trinajstić information content (AvgIpc) is 3.28. The molecule has 0 aromatic carbocycles. The summed E-state index contributed by atoms with van der Waals surface area (Å²) in [5.41, 5.74) is 0.489. The monoisotopic (exact) mass is 432 g/mol. The van der Waals surface area contributed by atoms with Gasteiger partial charge in [0, 0.05) is 25.5 Å². The first-order valence-electron chi connectivity index (χ1n) is 9.60. The van der Waals surface area contributed by atoms with Crippen LogP contribution in [0.25, 0.3) is 11.3 Å². The van der Waals surface area contributed by atoms with Crippen molar-refractivity contribution in [2.45, 2.75) is 25.1 Å². The summed E-state index contributed by atoms with van der Waals surface area (Å²) in [4.78, 5) is 22.0. The number of likely N-dealkylation sites (tertiary alicyclic amines) is 1. The molecule has 1 saturated heterocycles. The van der Waals surface area contributed by atoms with Crippen LogP contribution in [0.15, 0.2) is 42.9 Å². The smallest absolute Gasteiger partial charge is 0.417 e. The highest BCUT2D eigenvalue weighted by atomic mass is 19.4. The van der Waals surface area contributed by atoms with Gasteiger partial charge in [-0.1, -0.05) is 5.21 Å². The Labute approximate surface area is 175 Å². The normalized spacial score (nSPS) is 15.2. The fraction of sp³-hybridized carbons (Fsp3) is 0.350. The molecule has 0 bridgehead atoms. The molecule has 0 N–H and O–H groups in total. The van der Waals surface area contributed by atoms with Crippen molar-refractivity contribution in [1.29, 1.82) is 0 Å². The summed E-state index contributed by atoms with van der Waals surface area (Å²) in [5.74, 6) is 0.0746. The molecule has 1 amide bonds. The number of methoxy groups -OCH3 is 1. The van der Waals surface area contributed by atoms with E-state index >= 15 is 0 Å². The number of carbonyl (C=O) groups excluding carboxylic acids is 1. The molecule has 0 spiro atoms. The van der Waals surface area contributed by atoms with Crippen molar-refractivity contribution in [3.8, 4) is 17.1 Å². The van der Waals surface area contributed by atoms with Crippen LogP contribution in [0.1, 0.15) is 34.9 Å². The van der Waals surface area contributed by atoms with Crippen LogP contribution in [-0.2, 0) is 6.18 Å². The molecular formula is C20H19F3N6O2. The van der Waals surface area contributed by atoms with Gasteiger partial charge >= 0.3 is 6.18 Å². The van der Waals surface area contributed by atoms with E-state index in [0.29, 0.717) is 43.7 Å². The molecule has 4 rings (SSSR count). The van der Waals surface area contributed by atoms with Gasteiger partial charge in [-0.2, -0.15) is 13.2 Å². The summed E-state index contributed by atoms with van der Waals surface area (Å²) >= 11 is 0. The van der Waals surface area contributed by atoms with Gasteiger partial charge in [0.25, 0.3) is 5.91 Å². The summed E-state index contributed by atoms with van der Waals surface area (Å²) in [6.07, 6.45) is 0.926. The minimum absolute atomic E-state index is 0.00170. The molecule has 31 heavy (non-hydrogen) atoms. The minimum atomic E-state index is -4.48. The zero-order valence-corrected chi connectivity index (χ0v) is 16.6.